The van der Waals surface area contributed by atoms with Crippen LogP contribution >= 0.6 is 0 Å². The van der Waals surface area contributed by atoms with Crippen molar-refractivity contribution in [2.24, 2.45) is 4.99 Å². The number of pyridine rings is 2. The van der Waals surface area contributed by atoms with Crippen LogP contribution in [0.1, 0.15) is 36.5 Å². The van der Waals surface area contributed by atoms with E-state index in [1.165, 1.54) is 29.4 Å². The van der Waals surface area contributed by atoms with Gasteiger partial charge in [-0.2, -0.15) is 5.10 Å². The summed E-state index contributed by atoms with van der Waals surface area (Å²) in [6.07, 6.45) is 8.25. The third kappa shape index (κ3) is 3.95. The third-order valence-electron chi connectivity index (χ3n) is 6.38. The van der Waals surface area contributed by atoms with Crippen LogP contribution in [0.2, 0.25) is 0 Å². The Hall–Kier alpha value is -3.74. The van der Waals surface area contributed by atoms with Gasteiger partial charge in [-0.15, -0.1) is 0 Å². The van der Waals surface area contributed by atoms with Crippen LogP contribution in [0.4, 0.5) is 0 Å². The standard InChI is InChI=1S/C26H29N7/c1-4-28-23(27-3)15-29-16(2)17-9-11-18(12-10-17)25-20-8-6-5-7-19(20)24-21-13-31-33-26(21)30-14-22(24)32-25/h9-14,29H,2,4-8,15H2,1,3H3,(H,27,28)(H,30,31,33). The molecule has 7 nitrogen and oxygen atoms in total. The number of nitrogens with zero attached hydrogens (tertiary/aromatic N) is 4. The molecule has 3 aromatic heterocycles. The first-order chi connectivity index (χ1) is 16.2. The second-order valence-electron chi connectivity index (χ2n) is 8.39. The maximum Gasteiger partial charge on any atom is 0.155 e. The molecule has 0 atom stereocenters. The van der Waals surface area contributed by atoms with Crippen LogP contribution in [-0.2, 0) is 12.8 Å². The molecule has 4 aromatic rings. The molecular formula is C26H29N7. The fraction of sp³-hybridized carbons (Fsp3) is 0.308. The normalized spacial score (nSPS) is 13.8. The van der Waals surface area contributed by atoms with Crippen LogP contribution in [-0.4, -0.2) is 46.1 Å². The van der Waals surface area contributed by atoms with Crippen molar-refractivity contribution in [2.75, 3.05) is 20.1 Å². The Bertz CT molecular complexity index is 1350. The number of aryl methyl sites for hydroxylation is 1. The molecule has 1 aliphatic carbocycles. The molecule has 33 heavy (non-hydrogen) atoms. The van der Waals surface area contributed by atoms with Gasteiger partial charge in [-0.1, -0.05) is 30.8 Å². The number of likely N-dealkylation sites (N-methyl/N-ethyl adjacent to an activating group) is 1. The van der Waals surface area contributed by atoms with Crippen molar-refractivity contribution >= 4 is 33.5 Å². The molecule has 0 spiro atoms. The lowest BCUT2D eigenvalue weighted by Crippen LogP contribution is -2.33. The number of aromatic amines is 1. The van der Waals surface area contributed by atoms with Crippen molar-refractivity contribution in [1.82, 2.24) is 30.8 Å². The Morgan fingerprint density at radius 1 is 1.09 bits per heavy atom. The van der Waals surface area contributed by atoms with Crippen molar-refractivity contribution in [2.45, 2.75) is 32.6 Å². The van der Waals surface area contributed by atoms with Gasteiger partial charge in [-0.3, -0.25) is 10.1 Å². The minimum atomic E-state index is 0.625. The summed E-state index contributed by atoms with van der Waals surface area (Å²) in [6, 6.07) is 8.51. The Labute approximate surface area is 193 Å². The number of nitrogens with one attached hydrogen (secondary N) is 3. The van der Waals surface area contributed by atoms with E-state index in [0.29, 0.717) is 6.54 Å². The van der Waals surface area contributed by atoms with Crippen molar-refractivity contribution < 1.29 is 0 Å². The monoisotopic (exact) mass is 439 g/mol. The molecule has 0 unspecified atom stereocenters. The van der Waals surface area contributed by atoms with Gasteiger partial charge in [0.2, 0.25) is 0 Å². The summed E-state index contributed by atoms with van der Waals surface area (Å²) in [5.41, 5.74) is 8.65. The largest absolute Gasteiger partial charge is 0.378 e. The first-order valence-corrected chi connectivity index (χ1v) is 11.6. The minimum Gasteiger partial charge on any atom is -0.378 e. The zero-order chi connectivity index (χ0) is 22.8. The van der Waals surface area contributed by atoms with E-state index in [2.05, 4.69) is 68.6 Å². The van der Waals surface area contributed by atoms with Crippen molar-refractivity contribution in [3.8, 4) is 11.3 Å². The Kier molecular flexibility index (Phi) is 5.77. The molecule has 1 aromatic carbocycles. The summed E-state index contributed by atoms with van der Waals surface area (Å²) in [7, 11) is 1.79. The summed E-state index contributed by atoms with van der Waals surface area (Å²) < 4.78 is 0. The number of aromatic nitrogens is 4. The first kappa shape index (κ1) is 21.1. The van der Waals surface area contributed by atoms with Gasteiger partial charge in [0.1, 0.15) is 5.84 Å². The van der Waals surface area contributed by atoms with E-state index < -0.39 is 0 Å². The highest BCUT2D eigenvalue weighted by atomic mass is 15.1. The maximum absolute atomic E-state index is 5.09. The topological polar surface area (TPSA) is 90.9 Å². The average molecular weight is 440 g/mol. The van der Waals surface area contributed by atoms with Crippen LogP contribution in [0.3, 0.4) is 0 Å². The molecular weight excluding hydrogens is 410 g/mol. The summed E-state index contributed by atoms with van der Waals surface area (Å²) in [5.74, 6) is 0.919. The molecule has 0 radical (unpaired) electrons. The Morgan fingerprint density at radius 2 is 1.88 bits per heavy atom. The predicted octanol–water partition coefficient (Wildman–Crippen LogP) is 4.25. The van der Waals surface area contributed by atoms with Crippen LogP contribution in [0.15, 0.2) is 48.2 Å². The summed E-state index contributed by atoms with van der Waals surface area (Å²) in [5, 5.41) is 16.1. The molecule has 168 valence electrons. The molecule has 3 heterocycles. The number of rotatable bonds is 6. The SMILES string of the molecule is C=C(NCC(=NC)NCC)c1ccc(-c2nc3cnc4[nH]ncc4c3c3c2CCCC3)cc1. The number of benzene rings is 1. The first-order valence-electron chi connectivity index (χ1n) is 11.6. The zero-order valence-corrected chi connectivity index (χ0v) is 19.2. The molecule has 0 fully saturated rings. The number of aliphatic imine (C=N–C) groups is 1. The zero-order valence-electron chi connectivity index (χ0n) is 19.2. The van der Waals surface area contributed by atoms with E-state index in [9.17, 15) is 0 Å². The van der Waals surface area contributed by atoms with Crippen molar-refractivity contribution in [3.63, 3.8) is 0 Å². The minimum absolute atomic E-state index is 0.625. The maximum atomic E-state index is 5.09. The highest BCUT2D eigenvalue weighted by Gasteiger charge is 2.21. The van der Waals surface area contributed by atoms with E-state index in [1.807, 2.05) is 12.4 Å². The summed E-state index contributed by atoms with van der Waals surface area (Å²) in [6.45, 7) is 7.74. The van der Waals surface area contributed by atoms with Gasteiger partial charge in [-0.05, 0) is 49.3 Å². The van der Waals surface area contributed by atoms with Gasteiger partial charge in [0.25, 0.3) is 0 Å². The molecule has 0 amide bonds. The van der Waals surface area contributed by atoms with Crippen LogP contribution < -0.4 is 10.6 Å². The lowest BCUT2D eigenvalue weighted by Gasteiger charge is -2.21. The van der Waals surface area contributed by atoms with Gasteiger partial charge < -0.3 is 10.6 Å². The Morgan fingerprint density at radius 3 is 2.64 bits per heavy atom. The highest BCUT2D eigenvalue weighted by molar-refractivity contribution is 6.06. The van der Waals surface area contributed by atoms with E-state index in [-0.39, 0.29) is 0 Å². The van der Waals surface area contributed by atoms with E-state index >= 15 is 0 Å². The summed E-state index contributed by atoms with van der Waals surface area (Å²) >= 11 is 0. The van der Waals surface area contributed by atoms with Gasteiger partial charge in [0.15, 0.2) is 5.65 Å². The Balaban J connectivity index is 1.48. The molecule has 5 rings (SSSR count). The van der Waals surface area contributed by atoms with E-state index in [0.717, 1.165) is 64.3 Å². The molecule has 7 heteroatoms. The van der Waals surface area contributed by atoms with Crippen LogP contribution in [0, 0.1) is 0 Å². The molecule has 1 aliphatic rings. The number of H-pyrrole nitrogens is 1. The van der Waals surface area contributed by atoms with Crippen molar-refractivity contribution in [3.05, 3.63) is 59.9 Å². The van der Waals surface area contributed by atoms with Gasteiger partial charge in [0, 0.05) is 35.6 Å². The molecule has 0 saturated carbocycles. The van der Waals surface area contributed by atoms with Gasteiger partial charge >= 0.3 is 0 Å². The quantitative estimate of drug-likeness (QED) is 0.309. The van der Waals surface area contributed by atoms with Crippen molar-refractivity contribution in [1.29, 1.82) is 0 Å². The number of hydrogen-bond acceptors (Lipinski definition) is 5. The lowest BCUT2D eigenvalue weighted by molar-refractivity contribution is 0.689. The van der Waals surface area contributed by atoms with E-state index in [4.69, 9.17) is 4.98 Å². The molecule has 0 saturated heterocycles. The van der Waals surface area contributed by atoms with Crippen LogP contribution in [0.5, 0.6) is 0 Å². The lowest BCUT2D eigenvalue weighted by atomic mass is 9.86. The second-order valence-corrected chi connectivity index (χ2v) is 8.39. The third-order valence-corrected chi connectivity index (χ3v) is 6.38. The molecule has 0 aliphatic heterocycles. The van der Waals surface area contributed by atoms with Gasteiger partial charge in [0.05, 0.1) is 30.1 Å². The fourth-order valence-electron chi connectivity index (χ4n) is 4.71. The highest BCUT2D eigenvalue weighted by Crippen LogP contribution is 2.37. The predicted molar refractivity (Wildman–Crippen MR) is 135 cm³/mol. The smallest absolute Gasteiger partial charge is 0.155 e. The number of amidine groups is 1. The fourth-order valence-corrected chi connectivity index (χ4v) is 4.71. The van der Waals surface area contributed by atoms with E-state index in [1.54, 1.807) is 7.05 Å². The van der Waals surface area contributed by atoms with Gasteiger partial charge in [-0.25, -0.2) is 9.97 Å². The summed E-state index contributed by atoms with van der Waals surface area (Å²) in [4.78, 5) is 13.9. The number of hydrogen-bond donors (Lipinski definition) is 3. The average Bonchev–Trinajstić information content (AvgIpc) is 3.35. The molecule has 3 N–H and O–H groups in total. The van der Waals surface area contributed by atoms with Crippen LogP contribution in [0.25, 0.3) is 38.9 Å². The second kappa shape index (κ2) is 9.02. The number of fused-ring (bicyclic) bond motifs is 5. The molecule has 0 bridgehead atoms.